The summed E-state index contributed by atoms with van der Waals surface area (Å²) in [7, 11) is 1.76. The summed E-state index contributed by atoms with van der Waals surface area (Å²) in [5, 5.41) is 35.1. The standard InChI is InChI=1S/C14H17N3O4/c1-15-6-5-13(18)14(19)10-2-3-12(17(20)21)11-8-16-7-4-9(10)11/h2-4,7-8,13-15,18-19H,5-6H2,1H3. The number of nitrogens with one attached hydrogen (secondary N) is 1. The molecule has 0 radical (unpaired) electrons. The molecular formula is C14H17N3O4. The topological polar surface area (TPSA) is 109 Å². The van der Waals surface area contributed by atoms with Crippen molar-refractivity contribution < 1.29 is 15.1 Å². The van der Waals surface area contributed by atoms with E-state index in [1.54, 1.807) is 13.1 Å². The first-order valence-electron chi connectivity index (χ1n) is 6.58. The molecule has 0 fully saturated rings. The number of nitro groups is 1. The molecule has 0 bridgehead atoms. The molecule has 3 N–H and O–H groups in total. The number of hydrogen-bond donors (Lipinski definition) is 3. The Hall–Kier alpha value is -2.09. The second kappa shape index (κ2) is 6.57. The van der Waals surface area contributed by atoms with E-state index in [0.29, 0.717) is 29.3 Å². The zero-order chi connectivity index (χ0) is 15.4. The molecule has 1 aromatic carbocycles. The van der Waals surface area contributed by atoms with E-state index in [1.165, 1.54) is 24.5 Å². The van der Waals surface area contributed by atoms with Crippen molar-refractivity contribution in [2.45, 2.75) is 18.6 Å². The van der Waals surface area contributed by atoms with E-state index in [0.717, 1.165) is 0 Å². The number of aliphatic hydroxyl groups excluding tert-OH is 2. The van der Waals surface area contributed by atoms with E-state index in [9.17, 15) is 20.3 Å². The fourth-order valence-electron chi connectivity index (χ4n) is 2.27. The van der Waals surface area contributed by atoms with Crippen LogP contribution in [0.1, 0.15) is 18.1 Å². The Morgan fingerprint density at radius 1 is 1.33 bits per heavy atom. The van der Waals surface area contributed by atoms with Crippen molar-refractivity contribution in [3.63, 3.8) is 0 Å². The number of pyridine rings is 1. The van der Waals surface area contributed by atoms with Crippen LogP contribution in [0.5, 0.6) is 0 Å². The lowest BCUT2D eigenvalue weighted by atomic mass is 9.96. The Morgan fingerprint density at radius 3 is 2.76 bits per heavy atom. The molecule has 0 saturated carbocycles. The number of aromatic nitrogens is 1. The Kier molecular flexibility index (Phi) is 4.79. The SMILES string of the molecule is CNCCC(O)C(O)c1ccc([N+](=O)[O-])c2cnccc12. The van der Waals surface area contributed by atoms with Gasteiger partial charge in [-0.3, -0.25) is 15.1 Å². The molecule has 112 valence electrons. The number of benzene rings is 1. The zero-order valence-corrected chi connectivity index (χ0v) is 11.6. The summed E-state index contributed by atoms with van der Waals surface area (Å²) in [6.07, 6.45) is 1.21. The van der Waals surface area contributed by atoms with E-state index in [4.69, 9.17) is 0 Å². The van der Waals surface area contributed by atoms with E-state index in [1.807, 2.05) is 0 Å². The van der Waals surface area contributed by atoms with Gasteiger partial charge in [0.1, 0.15) is 6.10 Å². The molecular weight excluding hydrogens is 274 g/mol. The first-order chi connectivity index (χ1) is 10.1. The van der Waals surface area contributed by atoms with Crippen LogP contribution in [0.15, 0.2) is 30.6 Å². The third-order valence-electron chi connectivity index (χ3n) is 3.40. The quantitative estimate of drug-likeness (QED) is 0.544. The molecule has 0 spiro atoms. The van der Waals surface area contributed by atoms with Gasteiger partial charge in [0.05, 0.1) is 16.4 Å². The number of aliphatic hydroxyl groups is 2. The molecule has 2 atom stereocenters. The molecule has 0 aliphatic carbocycles. The minimum Gasteiger partial charge on any atom is -0.390 e. The Balaban J connectivity index is 2.46. The van der Waals surface area contributed by atoms with Gasteiger partial charge in [-0.1, -0.05) is 0 Å². The van der Waals surface area contributed by atoms with Crippen LogP contribution in [0, 0.1) is 10.1 Å². The monoisotopic (exact) mass is 291 g/mol. The summed E-state index contributed by atoms with van der Waals surface area (Å²) >= 11 is 0. The van der Waals surface area contributed by atoms with Gasteiger partial charge in [-0.2, -0.15) is 0 Å². The fraction of sp³-hybridized carbons (Fsp3) is 0.357. The average Bonchev–Trinajstić information content (AvgIpc) is 2.50. The highest BCUT2D eigenvalue weighted by Gasteiger charge is 2.23. The smallest absolute Gasteiger partial charge is 0.278 e. The van der Waals surface area contributed by atoms with Gasteiger partial charge in [0.25, 0.3) is 5.69 Å². The highest BCUT2D eigenvalue weighted by Crippen LogP contribution is 2.32. The summed E-state index contributed by atoms with van der Waals surface area (Å²) in [6, 6.07) is 4.41. The van der Waals surface area contributed by atoms with Crippen molar-refractivity contribution in [1.82, 2.24) is 10.3 Å². The maximum absolute atomic E-state index is 11.0. The van der Waals surface area contributed by atoms with Gasteiger partial charge in [0.15, 0.2) is 0 Å². The van der Waals surface area contributed by atoms with Crippen molar-refractivity contribution in [3.8, 4) is 0 Å². The maximum Gasteiger partial charge on any atom is 0.278 e. The predicted octanol–water partition coefficient (Wildman–Crippen LogP) is 1.15. The van der Waals surface area contributed by atoms with Crippen LogP contribution < -0.4 is 5.32 Å². The van der Waals surface area contributed by atoms with Crippen molar-refractivity contribution in [2.75, 3.05) is 13.6 Å². The van der Waals surface area contributed by atoms with Crippen LogP contribution in [-0.2, 0) is 0 Å². The van der Waals surface area contributed by atoms with Gasteiger partial charge >= 0.3 is 0 Å². The lowest BCUT2D eigenvalue weighted by Gasteiger charge is -2.19. The predicted molar refractivity (Wildman–Crippen MR) is 77.9 cm³/mol. The number of nitrogens with zero attached hydrogens (tertiary/aromatic N) is 2. The van der Waals surface area contributed by atoms with Crippen molar-refractivity contribution in [1.29, 1.82) is 0 Å². The van der Waals surface area contributed by atoms with Gasteiger partial charge in [-0.05, 0) is 43.1 Å². The second-order valence-electron chi connectivity index (χ2n) is 4.76. The number of non-ortho nitro benzene ring substituents is 1. The number of hydrogen-bond acceptors (Lipinski definition) is 6. The molecule has 0 aliphatic heterocycles. The molecule has 7 nitrogen and oxygen atoms in total. The van der Waals surface area contributed by atoms with E-state index >= 15 is 0 Å². The van der Waals surface area contributed by atoms with E-state index < -0.39 is 17.1 Å². The molecule has 1 aromatic heterocycles. The molecule has 1 heterocycles. The fourth-order valence-corrected chi connectivity index (χ4v) is 2.27. The summed E-state index contributed by atoms with van der Waals surface area (Å²) < 4.78 is 0. The molecule has 2 rings (SSSR count). The zero-order valence-electron chi connectivity index (χ0n) is 11.6. The third kappa shape index (κ3) is 3.15. The highest BCUT2D eigenvalue weighted by molar-refractivity contribution is 5.92. The molecule has 2 aromatic rings. The van der Waals surface area contributed by atoms with Gasteiger partial charge in [0, 0.05) is 18.5 Å². The van der Waals surface area contributed by atoms with Crippen molar-refractivity contribution in [2.24, 2.45) is 0 Å². The largest absolute Gasteiger partial charge is 0.390 e. The second-order valence-corrected chi connectivity index (χ2v) is 4.76. The van der Waals surface area contributed by atoms with Crippen LogP contribution in [0.4, 0.5) is 5.69 Å². The minimum atomic E-state index is -1.11. The summed E-state index contributed by atoms with van der Waals surface area (Å²) in [5.41, 5.74) is 0.389. The molecule has 7 heteroatoms. The van der Waals surface area contributed by atoms with Crippen LogP contribution in [-0.4, -0.2) is 39.8 Å². The lowest BCUT2D eigenvalue weighted by molar-refractivity contribution is -0.383. The van der Waals surface area contributed by atoms with E-state index in [2.05, 4.69) is 10.3 Å². The molecule has 0 saturated heterocycles. The van der Waals surface area contributed by atoms with Gasteiger partial charge in [0.2, 0.25) is 0 Å². The first kappa shape index (κ1) is 15.3. The van der Waals surface area contributed by atoms with Crippen molar-refractivity contribution in [3.05, 3.63) is 46.3 Å². The van der Waals surface area contributed by atoms with Crippen LogP contribution in [0.3, 0.4) is 0 Å². The van der Waals surface area contributed by atoms with E-state index in [-0.39, 0.29) is 5.69 Å². The van der Waals surface area contributed by atoms with Crippen molar-refractivity contribution >= 4 is 16.5 Å². The summed E-state index contributed by atoms with van der Waals surface area (Å²) in [4.78, 5) is 14.4. The third-order valence-corrected chi connectivity index (χ3v) is 3.40. The van der Waals surface area contributed by atoms with Crippen LogP contribution in [0.2, 0.25) is 0 Å². The Labute approximate surface area is 121 Å². The average molecular weight is 291 g/mol. The van der Waals surface area contributed by atoms with Gasteiger partial charge in [-0.15, -0.1) is 0 Å². The normalized spacial score (nSPS) is 14.0. The first-order valence-corrected chi connectivity index (χ1v) is 6.58. The Bertz CT molecular complexity index is 647. The molecule has 0 aliphatic rings. The van der Waals surface area contributed by atoms with Gasteiger partial charge < -0.3 is 15.5 Å². The summed E-state index contributed by atoms with van der Waals surface area (Å²) in [5.74, 6) is 0. The molecule has 21 heavy (non-hydrogen) atoms. The maximum atomic E-state index is 11.0. The molecule has 0 amide bonds. The Morgan fingerprint density at radius 2 is 2.10 bits per heavy atom. The lowest BCUT2D eigenvalue weighted by Crippen LogP contribution is -2.23. The highest BCUT2D eigenvalue weighted by atomic mass is 16.6. The summed E-state index contributed by atoms with van der Waals surface area (Å²) in [6.45, 7) is 0.560. The number of nitro benzene ring substituents is 1. The number of rotatable bonds is 6. The number of fused-ring (bicyclic) bond motifs is 1. The minimum absolute atomic E-state index is 0.0706. The van der Waals surface area contributed by atoms with Crippen LogP contribution in [0.25, 0.3) is 10.8 Å². The van der Waals surface area contributed by atoms with Crippen LogP contribution >= 0.6 is 0 Å². The van der Waals surface area contributed by atoms with Gasteiger partial charge in [-0.25, -0.2) is 0 Å². The molecule has 2 unspecified atom stereocenters.